The summed E-state index contributed by atoms with van der Waals surface area (Å²) in [5.74, 6) is -0.00150. The van der Waals surface area contributed by atoms with Gasteiger partial charge < -0.3 is 19.9 Å². The molecule has 1 N–H and O–H groups in total. The topological polar surface area (TPSA) is 87.7 Å². The van der Waals surface area contributed by atoms with E-state index in [1.54, 1.807) is 55.7 Å². The largest absolute Gasteiger partial charge is 0.462 e. The molecule has 0 aliphatic carbocycles. The van der Waals surface area contributed by atoms with Crippen molar-refractivity contribution in [2.45, 2.75) is 11.9 Å². The van der Waals surface area contributed by atoms with Crippen LogP contribution in [0.1, 0.15) is 17.3 Å². The number of benzene rings is 2. The first-order chi connectivity index (χ1) is 17.0. The highest BCUT2D eigenvalue weighted by molar-refractivity contribution is 8.00. The van der Waals surface area contributed by atoms with Crippen molar-refractivity contribution < 1.29 is 18.7 Å². The molecule has 4 rings (SSSR count). The number of piperazine rings is 1. The number of halogens is 1. The summed E-state index contributed by atoms with van der Waals surface area (Å²) in [6.45, 7) is 5.03. The number of thioether (sulfide) groups is 1. The normalized spacial score (nSPS) is 13.4. The molecule has 1 aliphatic rings. The molecule has 0 spiro atoms. The molecule has 2 aromatic carbocycles. The smallest absolute Gasteiger partial charge is 0.338 e. The standard InChI is InChI=1S/C25H26FN5O3S/c1-2-34-25(33)18-4-3-5-20(16-18)29-22(32)17-35-24-23(27-10-11-28-24)31-14-12-30(13-15-31)21-8-6-19(26)7-9-21/h3-11,16H,2,12-15,17H2,1H3,(H,29,32). The fourth-order valence-corrected chi connectivity index (χ4v) is 4.52. The molecule has 10 heteroatoms. The Morgan fingerprint density at radius 3 is 2.49 bits per heavy atom. The molecule has 1 amide bonds. The van der Waals surface area contributed by atoms with Crippen LogP contribution in [0, 0.1) is 5.82 Å². The van der Waals surface area contributed by atoms with Gasteiger partial charge >= 0.3 is 5.97 Å². The number of hydrogen-bond acceptors (Lipinski definition) is 8. The third-order valence-corrected chi connectivity index (χ3v) is 6.38. The Labute approximate surface area is 207 Å². The number of carbonyl (C=O) groups is 2. The predicted octanol–water partition coefficient (Wildman–Crippen LogP) is 3.85. The highest BCUT2D eigenvalue weighted by Crippen LogP contribution is 2.28. The lowest BCUT2D eigenvalue weighted by Gasteiger charge is -2.37. The van der Waals surface area contributed by atoms with Crippen molar-refractivity contribution in [1.29, 1.82) is 0 Å². The molecule has 182 valence electrons. The lowest BCUT2D eigenvalue weighted by Crippen LogP contribution is -2.47. The van der Waals surface area contributed by atoms with Crippen molar-refractivity contribution in [3.63, 3.8) is 0 Å². The van der Waals surface area contributed by atoms with Gasteiger partial charge in [-0.25, -0.2) is 19.2 Å². The molecule has 1 aliphatic heterocycles. The summed E-state index contributed by atoms with van der Waals surface area (Å²) in [5, 5.41) is 3.49. The summed E-state index contributed by atoms with van der Waals surface area (Å²) < 4.78 is 18.2. The Balaban J connectivity index is 1.33. The highest BCUT2D eigenvalue weighted by atomic mass is 32.2. The van der Waals surface area contributed by atoms with Crippen LogP contribution in [-0.2, 0) is 9.53 Å². The first-order valence-corrected chi connectivity index (χ1v) is 12.3. The number of rotatable bonds is 8. The average molecular weight is 496 g/mol. The second-order valence-corrected chi connectivity index (χ2v) is 8.74. The van der Waals surface area contributed by atoms with E-state index in [1.807, 2.05) is 0 Å². The van der Waals surface area contributed by atoms with Crippen LogP contribution in [0.4, 0.5) is 21.6 Å². The van der Waals surface area contributed by atoms with Gasteiger partial charge in [0.25, 0.3) is 0 Å². The summed E-state index contributed by atoms with van der Waals surface area (Å²) in [6, 6.07) is 13.2. The Bertz CT molecular complexity index is 1170. The van der Waals surface area contributed by atoms with Crippen LogP contribution in [0.15, 0.2) is 66.0 Å². The monoisotopic (exact) mass is 495 g/mol. The summed E-state index contributed by atoms with van der Waals surface area (Å²) in [5.41, 5.74) is 1.90. The maximum atomic E-state index is 13.2. The number of aromatic nitrogens is 2. The zero-order chi connectivity index (χ0) is 24.6. The van der Waals surface area contributed by atoms with Crippen LogP contribution in [0.2, 0.25) is 0 Å². The lowest BCUT2D eigenvalue weighted by atomic mass is 10.2. The summed E-state index contributed by atoms with van der Waals surface area (Å²) in [6.07, 6.45) is 3.26. The first kappa shape index (κ1) is 24.5. The molecule has 3 aromatic rings. The molecule has 8 nitrogen and oxygen atoms in total. The maximum Gasteiger partial charge on any atom is 0.338 e. The van der Waals surface area contributed by atoms with Gasteiger partial charge in [0.2, 0.25) is 5.91 Å². The minimum Gasteiger partial charge on any atom is -0.462 e. The molecular formula is C25H26FN5O3S. The maximum absolute atomic E-state index is 13.2. The molecule has 1 fully saturated rings. The van der Waals surface area contributed by atoms with E-state index in [-0.39, 0.29) is 24.1 Å². The number of anilines is 3. The number of nitrogens with zero attached hydrogens (tertiary/aromatic N) is 4. The summed E-state index contributed by atoms with van der Waals surface area (Å²) >= 11 is 1.31. The van der Waals surface area contributed by atoms with Crippen molar-refractivity contribution in [2.75, 3.05) is 53.7 Å². The fraction of sp³-hybridized carbons (Fsp3) is 0.280. The van der Waals surface area contributed by atoms with Crippen LogP contribution in [0.3, 0.4) is 0 Å². The van der Waals surface area contributed by atoms with Gasteiger partial charge in [0.05, 0.1) is 17.9 Å². The molecule has 0 atom stereocenters. The van der Waals surface area contributed by atoms with Gasteiger partial charge in [-0.3, -0.25) is 4.79 Å². The quantitative estimate of drug-likeness (QED) is 0.373. The highest BCUT2D eigenvalue weighted by Gasteiger charge is 2.22. The van der Waals surface area contributed by atoms with Crippen LogP contribution >= 0.6 is 11.8 Å². The van der Waals surface area contributed by atoms with Crippen LogP contribution < -0.4 is 15.1 Å². The van der Waals surface area contributed by atoms with Crippen molar-refractivity contribution in [3.05, 3.63) is 72.3 Å². The zero-order valence-electron chi connectivity index (χ0n) is 19.3. The summed E-state index contributed by atoms with van der Waals surface area (Å²) in [4.78, 5) is 37.8. The fourth-order valence-electron chi connectivity index (χ4n) is 3.73. The van der Waals surface area contributed by atoms with Gasteiger partial charge in [-0.15, -0.1) is 0 Å². The van der Waals surface area contributed by atoms with E-state index in [4.69, 9.17) is 4.74 Å². The number of nitrogens with one attached hydrogen (secondary N) is 1. The second-order valence-electron chi connectivity index (χ2n) is 7.77. The zero-order valence-corrected chi connectivity index (χ0v) is 20.1. The SMILES string of the molecule is CCOC(=O)c1cccc(NC(=O)CSc2nccnc2N2CCN(c3ccc(F)cc3)CC2)c1. The van der Waals surface area contributed by atoms with Gasteiger partial charge in [-0.2, -0.15) is 0 Å². The molecule has 0 bridgehead atoms. The Morgan fingerprint density at radius 2 is 1.74 bits per heavy atom. The molecule has 2 heterocycles. The summed E-state index contributed by atoms with van der Waals surface area (Å²) in [7, 11) is 0. The Morgan fingerprint density at radius 1 is 1.03 bits per heavy atom. The Hall–Kier alpha value is -3.66. The van der Waals surface area contributed by atoms with Crippen molar-refractivity contribution in [3.8, 4) is 0 Å². The van der Waals surface area contributed by atoms with E-state index in [0.29, 0.717) is 16.3 Å². The van der Waals surface area contributed by atoms with Crippen molar-refractivity contribution in [2.24, 2.45) is 0 Å². The minimum atomic E-state index is -0.429. The van der Waals surface area contributed by atoms with Gasteiger partial charge in [0, 0.05) is 49.9 Å². The number of amides is 1. The average Bonchev–Trinajstić information content (AvgIpc) is 2.88. The molecule has 0 unspecified atom stereocenters. The van der Waals surface area contributed by atoms with E-state index in [1.165, 1.54) is 23.9 Å². The number of hydrogen-bond donors (Lipinski definition) is 1. The van der Waals surface area contributed by atoms with Crippen LogP contribution in [0.25, 0.3) is 0 Å². The van der Waals surface area contributed by atoms with Gasteiger partial charge in [0.1, 0.15) is 10.8 Å². The van der Waals surface area contributed by atoms with Crippen LogP contribution in [0.5, 0.6) is 0 Å². The molecule has 0 saturated carbocycles. The van der Waals surface area contributed by atoms with Gasteiger partial charge in [-0.05, 0) is 49.4 Å². The first-order valence-electron chi connectivity index (χ1n) is 11.3. The molecular weight excluding hydrogens is 469 g/mol. The minimum absolute atomic E-state index is 0.144. The predicted molar refractivity (Wildman–Crippen MR) is 135 cm³/mol. The van der Waals surface area contributed by atoms with E-state index < -0.39 is 5.97 Å². The Kier molecular flexibility index (Phi) is 8.15. The number of carbonyl (C=O) groups excluding carboxylic acids is 2. The third-order valence-electron chi connectivity index (χ3n) is 5.41. The van der Waals surface area contributed by atoms with E-state index in [0.717, 1.165) is 37.7 Å². The van der Waals surface area contributed by atoms with E-state index in [9.17, 15) is 14.0 Å². The molecule has 0 radical (unpaired) electrons. The van der Waals surface area contributed by atoms with Crippen molar-refractivity contribution >= 4 is 40.8 Å². The van der Waals surface area contributed by atoms with E-state index >= 15 is 0 Å². The number of ether oxygens (including phenoxy) is 1. The molecule has 1 saturated heterocycles. The van der Waals surface area contributed by atoms with Crippen LogP contribution in [-0.4, -0.2) is 60.4 Å². The second kappa shape index (κ2) is 11.7. The van der Waals surface area contributed by atoms with Gasteiger partial charge in [-0.1, -0.05) is 17.8 Å². The molecule has 35 heavy (non-hydrogen) atoms. The lowest BCUT2D eigenvalue weighted by molar-refractivity contribution is -0.113. The molecule has 1 aromatic heterocycles. The third kappa shape index (κ3) is 6.48. The number of esters is 1. The van der Waals surface area contributed by atoms with Gasteiger partial charge in [0.15, 0.2) is 5.82 Å². The van der Waals surface area contributed by atoms with Crippen molar-refractivity contribution in [1.82, 2.24) is 9.97 Å². The van der Waals surface area contributed by atoms with E-state index in [2.05, 4.69) is 25.1 Å².